The van der Waals surface area contributed by atoms with Crippen molar-refractivity contribution in [3.8, 4) is 23.8 Å². The number of carboxylic acid groups (broad SMARTS) is 1. The molecule has 0 aliphatic carbocycles. The number of halogens is 1. The number of thioether (sulfide) groups is 1. The maximum atomic E-state index is 12.7. The Morgan fingerprint density at radius 2 is 2.03 bits per heavy atom. The second-order valence-corrected chi connectivity index (χ2v) is 8.10. The zero-order valence-electron chi connectivity index (χ0n) is 16.6. The molecule has 158 valence electrons. The van der Waals surface area contributed by atoms with Crippen LogP contribution in [0.2, 0.25) is 0 Å². The van der Waals surface area contributed by atoms with Crippen molar-refractivity contribution in [3.05, 3.63) is 56.9 Å². The van der Waals surface area contributed by atoms with Crippen LogP contribution in [0.4, 0.5) is 5.69 Å². The lowest BCUT2D eigenvalue weighted by Crippen LogP contribution is -2.23. The van der Waals surface area contributed by atoms with E-state index in [9.17, 15) is 9.59 Å². The number of benzene rings is 2. The van der Waals surface area contributed by atoms with Crippen LogP contribution in [0.1, 0.15) is 15.9 Å². The number of terminal acetylenes is 1. The van der Waals surface area contributed by atoms with Gasteiger partial charge in [-0.25, -0.2) is 9.79 Å². The van der Waals surface area contributed by atoms with Gasteiger partial charge in [-0.05, 0) is 59.8 Å². The average molecular weight is 501 g/mol. The highest BCUT2D eigenvalue weighted by molar-refractivity contribution is 9.10. The van der Waals surface area contributed by atoms with E-state index in [0.717, 1.165) is 5.56 Å². The molecule has 0 atom stereocenters. The van der Waals surface area contributed by atoms with Crippen molar-refractivity contribution in [2.24, 2.45) is 4.99 Å². The number of aromatic carboxylic acids is 1. The van der Waals surface area contributed by atoms with Crippen molar-refractivity contribution in [1.29, 1.82) is 0 Å². The second-order valence-electron chi connectivity index (χ2n) is 6.24. The van der Waals surface area contributed by atoms with E-state index in [4.69, 9.17) is 21.0 Å². The van der Waals surface area contributed by atoms with Gasteiger partial charge in [0, 0.05) is 11.5 Å². The number of carboxylic acids is 1. The van der Waals surface area contributed by atoms with Crippen LogP contribution in [-0.2, 0) is 4.79 Å². The largest absolute Gasteiger partial charge is 0.493 e. The minimum Gasteiger partial charge on any atom is -0.493 e. The molecule has 1 amide bonds. The summed E-state index contributed by atoms with van der Waals surface area (Å²) in [5.41, 5.74) is 1.44. The maximum absolute atomic E-state index is 12.7. The predicted octanol–water partition coefficient (Wildman–Crippen LogP) is 4.40. The molecule has 0 radical (unpaired) electrons. The number of aliphatic imine (C=N–C) groups is 1. The molecule has 2 aromatic carbocycles. The van der Waals surface area contributed by atoms with E-state index in [1.54, 1.807) is 37.4 Å². The van der Waals surface area contributed by atoms with E-state index in [2.05, 4.69) is 26.8 Å². The predicted molar refractivity (Wildman–Crippen MR) is 124 cm³/mol. The minimum atomic E-state index is -1.01. The van der Waals surface area contributed by atoms with Crippen LogP contribution in [-0.4, -0.2) is 47.8 Å². The number of methoxy groups -OCH3 is 1. The molecule has 1 fully saturated rings. The first-order chi connectivity index (χ1) is 14.8. The topological polar surface area (TPSA) is 88.4 Å². The number of rotatable bonds is 6. The molecule has 1 N–H and O–H groups in total. The Labute approximate surface area is 191 Å². The van der Waals surface area contributed by atoms with Crippen molar-refractivity contribution in [3.63, 3.8) is 0 Å². The second kappa shape index (κ2) is 9.73. The first kappa shape index (κ1) is 22.5. The van der Waals surface area contributed by atoms with Crippen molar-refractivity contribution >= 4 is 56.5 Å². The zero-order valence-corrected chi connectivity index (χ0v) is 19.0. The molecule has 7 nitrogen and oxygen atoms in total. The molecule has 1 heterocycles. The Balaban J connectivity index is 1.89. The molecule has 0 unspecified atom stereocenters. The SMILES string of the molecule is C#CCOc1cc(Br)c(/C=C2\SC(=Nc3ccc(C(=O)O)cc3)N(C)C2=O)cc1OC. The molecule has 0 spiro atoms. The van der Waals surface area contributed by atoms with Gasteiger partial charge in [0.1, 0.15) is 6.61 Å². The third-order valence-corrected chi connectivity index (χ3v) is 5.97. The third-order valence-electron chi connectivity index (χ3n) is 4.22. The number of ether oxygens (including phenoxy) is 2. The molecule has 2 aromatic rings. The maximum Gasteiger partial charge on any atom is 0.335 e. The fraction of sp³-hybridized carbons (Fsp3) is 0.136. The summed E-state index contributed by atoms with van der Waals surface area (Å²) in [5.74, 6) is 2.17. The van der Waals surface area contributed by atoms with Crippen LogP contribution in [0.3, 0.4) is 0 Å². The van der Waals surface area contributed by atoms with Gasteiger partial charge in [-0.1, -0.05) is 21.9 Å². The van der Waals surface area contributed by atoms with E-state index >= 15 is 0 Å². The number of amidine groups is 1. The van der Waals surface area contributed by atoms with Crippen LogP contribution < -0.4 is 9.47 Å². The smallest absolute Gasteiger partial charge is 0.335 e. The van der Waals surface area contributed by atoms with Crippen molar-refractivity contribution in [2.75, 3.05) is 20.8 Å². The van der Waals surface area contributed by atoms with Crippen LogP contribution in [0.5, 0.6) is 11.5 Å². The summed E-state index contributed by atoms with van der Waals surface area (Å²) in [6.07, 6.45) is 6.98. The summed E-state index contributed by atoms with van der Waals surface area (Å²) in [7, 11) is 3.15. The molecule has 1 saturated heterocycles. The first-order valence-corrected chi connectivity index (χ1v) is 10.5. The number of likely N-dealkylation sites (N-methyl/N-ethyl adjacent to an activating group) is 1. The van der Waals surface area contributed by atoms with Crippen molar-refractivity contribution < 1.29 is 24.2 Å². The van der Waals surface area contributed by atoms with Crippen molar-refractivity contribution in [1.82, 2.24) is 4.90 Å². The van der Waals surface area contributed by atoms with Crippen LogP contribution in [0.15, 0.2) is 50.8 Å². The lowest BCUT2D eigenvalue weighted by atomic mass is 10.2. The Kier molecular flexibility index (Phi) is 7.05. The molecule has 0 aromatic heterocycles. The van der Waals surface area contributed by atoms with E-state index < -0.39 is 5.97 Å². The van der Waals surface area contributed by atoms with Gasteiger partial charge in [0.2, 0.25) is 0 Å². The average Bonchev–Trinajstić information content (AvgIpc) is 3.01. The molecule has 0 bridgehead atoms. The van der Waals surface area contributed by atoms with Crippen LogP contribution in [0, 0.1) is 12.3 Å². The van der Waals surface area contributed by atoms with E-state index in [1.165, 1.54) is 35.9 Å². The highest BCUT2D eigenvalue weighted by atomic mass is 79.9. The van der Waals surface area contributed by atoms with Gasteiger partial charge in [-0.3, -0.25) is 9.69 Å². The Hall–Kier alpha value is -3.22. The fourth-order valence-corrected chi connectivity index (χ4v) is 4.05. The monoisotopic (exact) mass is 500 g/mol. The Bertz CT molecular complexity index is 1140. The molecule has 1 aliphatic heterocycles. The molecular weight excluding hydrogens is 484 g/mol. The fourth-order valence-electron chi connectivity index (χ4n) is 2.64. The molecule has 0 saturated carbocycles. The number of hydrogen-bond donors (Lipinski definition) is 1. The number of carbonyl (C=O) groups excluding carboxylic acids is 1. The van der Waals surface area contributed by atoms with Gasteiger partial charge in [-0.2, -0.15) is 0 Å². The lowest BCUT2D eigenvalue weighted by Gasteiger charge is -2.11. The summed E-state index contributed by atoms with van der Waals surface area (Å²) < 4.78 is 11.6. The van der Waals surface area contributed by atoms with Crippen LogP contribution >= 0.6 is 27.7 Å². The molecule has 1 aliphatic rings. The quantitative estimate of drug-likeness (QED) is 0.467. The normalized spacial score (nSPS) is 15.9. The third kappa shape index (κ3) is 5.10. The number of carbonyl (C=O) groups is 2. The van der Waals surface area contributed by atoms with E-state index in [-0.39, 0.29) is 18.1 Å². The molecule has 3 rings (SSSR count). The molecular formula is C22H17BrN2O5S. The Morgan fingerprint density at radius 3 is 2.65 bits per heavy atom. The minimum absolute atomic E-state index is 0.107. The van der Waals surface area contributed by atoms with Crippen molar-refractivity contribution in [2.45, 2.75) is 0 Å². The van der Waals surface area contributed by atoms with E-state index in [1.807, 2.05) is 0 Å². The summed E-state index contributed by atoms with van der Waals surface area (Å²) in [5, 5.41) is 9.48. The molecule has 9 heteroatoms. The standard InChI is InChI=1S/C22H17BrN2O5S/c1-4-9-30-18-12-16(23)14(10-17(18)29-3)11-19-20(26)25(2)22(31-19)24-15-7-5-13(6-8-15)21(27)28/h1,5-8,10-12H,9H2,2-3H3,(H,27,28)/b19-11-,24-22?. The Morgan fingerprint density at radius 1 is 1.32 bits per heavy atom. The van der Waals surface area contributed by atoms with Gasteiger partial charge >= 0.3 is 5.97 Å². The van der Waals surface area contributed by atoms with Gasteiger partial charge in [0.25, 0.3) is 5.91 Å². The van der Waals surface area contributed by atoms with Gasteiger partial charge in [0.05, 0.1) is 23.3 Å². The molecule has 31 heavy (non-hydrogen) atoms. The van der Waals surface area contributed by atoms with E-state index in [0.29, 0.717) is 31.7 Å². The number of amides is 1. The summed E-state index contributed by atoms with van der Waals surface area (Å²) in [6, 6.07) is 9.59. The zero-order chi connectivity index (χ0) is 22.5. The summed E-state index contributed by atoms with van der Waals surface area (Å²) >= 11 is 4.71. The summed E-state index contributed by atoms with van der Waals surface area (Å²) in [6.45, 7) is 0.107. The van der Waals surface area contributed by atoms with Crippen LogP contribution in [0.25, 0.3) is 6.08 Å². The number of hydrogen-bond acceptors (Lipinski definition) is 6. The lowest BCUT2D eigenvalue weighted by molar-refractivity contribution is -0.121. The number of nitrogens with zero attached hydrogens (tertiary/aromatic N) is 2. The highest BCUT2D eigenvalue weighted by Crippen LogP contribution is 2.38. The first-order valence-electron chi connectivity index (χ1n) is 8.87. The summed E-state index contributed by atoms with van der Waals surface area (Å²) in [4.78, 5) is 30.1. The highest BCUT2D eigenvalue weighted by Gasteiger charge is 2.30. The van der Waals surface area contributed by atoms with Gasteiger partial charge in [-0.15, -0.1) is 6.42 Å². The van der Waals surface area contributed by atoms with Gasteiger partial charge < -0.3 is 14.6 Å². The van der Waals surface area contributed by atoms with Gasteiger partial charge in [0.15, 0.2) is 16.7 Å².